The first-order valence-corrected chi connectivity index (χ1v) is 4.64. The SMILES string of the molecule is COC(=O)N1CCc2cc(C=O)oc2C1. The lowest BCUT2D eigenvalue weighted by molar-refractivity contribution is 0.108. The molecule has 1 aromatic heterocycles. The number of hydrogen-bond acceptors (Lipinski definition) is 4. The minimum atomic E-state index is -0.371. The number of carbonyl (C=O) groups is 2. The van der Waals surface area contributed by atoms with Crippen LogP contribution in [0.3, 0.4) is 0 Å². The minimum Gasteiger partial charge on any atom is -0.456 e. The largest absolute Gasteiger partial charge is 0.456 e. The van der Waals surface area contributed by atoms with Gasteiger partial charge in [0, 0.05) is 6.54 Å². The number of rotatable bonds is 1. The summed E-state index contributed by atoms with van der Waals surface area (Å²) in [5.74, 6) is 0.987. The van der Waals surface area contributed by atoms with Gasteiger partial charge in [-0.3, -0.25) is 4.79 Å². The van der Waals surface area contributed by atoms with E-state index < -0.39 is 0 Å². The fourth-order valence-corrected chi connectivity index (χ4v) is 1.69. The number of ether oxygens (including phenoxy) is 1. The van der Waals surface area contributed by atoms with Crippen molar-refractivity contribution in [3.63, 3.8) is 0 Å². The molecule has 0 aliphatic carbocycles. The molecule has 0 saturated heterocycles. The van der Waals surface area contributed by atoms with E-state index in [4.69, 9.17) is 4.42 Å². The van der Waals surface area contributed by atoms with E-state index in [9.17, 15) is 9.59 Å². The first kappa shape index (κ1) is 9.76. The zero-order valence-corrected chi connectivity index (χ0v) is 8.36. The summed E-state index contributed by atoms with van der Waals surface area (Å²) in [6.45, 7) is 0.966. The average molecular weight is 209 g/mol. The van der Waals surface area contributed by atoms with Crippen LogP contribution in [0.25, 0.3) is 0 Å². The molecule has 0 aromatic carbocycles. The maximum absolute atomic E-state index is 11.2. The van der Waals surface area contributed by atoms with E-state index in [2.05, 4.69) is 4.74 Å². The highest BCUT2D eigenvalue weighted by Crippen LogP contribution is 2.22. The molecule has 0 saturated carbocycles. The molecule has 1 aliphatic heterocycles. The van der Waals surface area contributed by atoms with Gasteiger partial charge >= 0.3 is 6.09 Å². The Balaban J connectivity index is 2.18. The summed E-state index contributed by atoms with van der Waals surface area (Å²) >= 11 is 0. The molecule has 0 atom stereocenters. The molecule has 0 bridgehead atoms. The van der Waals surface area contributed by atoms with Gasteiger partial charge in [0.2, 0.25) is 0 Å². The van der Waals surface area contributed by atoms with E-state index in [1.807, 2.05) is 0 Å². The Morgan fingerprint density at radius 1 is 1.67 bits per heavy atom. The Morgan fingerprint density at radius 3 is 3.13 bits per heavy atom. The fraction of sp³-hybridized carbons (Fsp3) is 0.400. The molecule has 1 amide bonds. The third-order valence-corrected chi connectivity index (χ3v) is 2.45. The molecule has 5 nitrogen and oxygen atoms in total. The molecule has 2 rings (SSSR count). The highest BCUT2D eigenvalue weighted by atomic mass is 16.5. The van der Waals surface area contributed by atoms with Crippen molar-refractivity contribution >= 4 is 12.4 Å². The van der Waals surface area contributed by atoms with Crippen LogP contribution in [0.1, 0.15) is 21.9 Å². The summed E-state index contributed by atoms with van der Waals surface area (Å²) in [4.78, 5) is 23.3. The lowest BCUT2D eigenvalue weighted by Gasteiger charge is -2.24. The van der Waals surface area contributed by atoms with Crippen LogP contribution in [0, 0.1) is 0 Å². The Labute approximate surface area is 86.6 Å². The van der Waals surface area contributed by atoms with Gasteiger partial charge in [-0.25, -0.2) is 4.79 Å². The van der Waals surface area contributed by atoms with Crippen molar-refractivity contribution in [2.45, 2.75) is 13.0 Å². The predicted molar refractivity (Wildman–Crippen MR) is 50.6 cm³/mol. The van der Waals surface area contributed by atoms with Gasteiger partial charge in [0.05, 0.1) is 13.7 Å². The summed E-state index contributed by atoms with van der Waals surface area (Å²) in [6.07, 6.45) is 0.993. The van der Waals surface area contributed by atoms with Crippen LogP contribution >= 0.6 is 0 Å². The predicted octanol–water partition coefficient (Wildman–Crippen LogP) is 1.22. The van der Waals surface area contributed by atoms with Crippen LogP contribution in [-0.2, 0) is 17.7 Å². The first-order valence-electron chi connectivity index (χ1n) is 4.64. The van der Waals surface area contributed by atoms with E-state index in [-0.39, 0.29) is 6.09 Å². The summed E-state index contributed by atoms with van der Waals surface area (Å²) in [7, 11) is 1.34. The molecule has 0 unspecified atom stereocenters. The Hall–Kier alpha value is -1.78. The summed E-state index contributed by atoms with van der Waals surface area (Å²) < 4.78 is 9.88. The van der Waals surface area contributed by atoms with E-state index >= 15 is 0 Å². The number of hydrogen-bond donors (Lipinski definition) is 0. The second kappa shape index (κ2) is 3.76. The topological polar surface area (TPSA) is 59.8 Å². The standard InChI is InChI=1S/C10H11NO4/c1-14-10(13)11-3-2-7-4-8(6-12)15-9(7)5-11/h4,6H,2-3,5H2,1H3. The van der Waals surface area contributed by atoms with Gasteiger partial charge in [0.15, 0.2) is 12.0 Å². The second-order valence-electron chi connectivity index (χ2n) is 3.36. The molecule has 5 heteroatoms. The number of amides is 1. The van der Waals surface area contributed by atoms with E-state index in [0.717, 1.165) is 5.56 Å². The highest BCUT2D eigenvalue weighted by molar-refractivity contribution is 5.71. The maximum atomic E-state index is 11.2. The van der Waals surface area contributed by atoms with Crippen LogP contribution in [0.15, 0.2) is 10.5 Å². The monoisotopic (exact) mass is 209 g/mol. The number of fused-ring (bicyclic) bond motifs is 1. The molecular weight excluding hydrogens is 198 g/mol. The molecule has 0 fully saturated rings. The molecule has 1 aromatic rings. The molecule has 0 radical (unpaired) electrons. The zero-order valence-electron chi connectivity index (χ0n) is 8.36. The van der Waals surface area contributed by atoms with Gasteiger partial charge in [-0.1, -0.05) is 0 Å². The quantitative estimate of drug-likeness (QED) is 0.652. The van der Waals surface area contributed by atoms with Gasteiger partial charge in [-0.05, 0) is 18.1 Å². The smallest absolute Gasteiger partial charge is 0.409 e. The normalized spacial score (nSPS) is 14.6. The van der Waals surface area contributed by atoms with Gasteiger partial charge in [-0.15, -0.1) is 0 Å². The second-order valence-corrected chi connectivity index (χ2v) is 3.36. The molecular formula is C10H11NO4. The van der Waals surface area contributed by atoms with Crippen LogP contribution < -0.4 is 0 Å². The van der Waals surface area contributed by atoms with Crippen LogP contribution in [0.4, 0.5) is 4.79 Å². The Bertz CT molecular complexity index is 396. The minimum absolute atomic E-state index is 0.312. The van der Waals surface area contributed by atoms with Gasteiger partial charge in [-0.2, -0.15) is 0 Å². The maximum Gasteiger partial charge on any atom is 0.409 e. The van der Waals surface area contributed by atoms with Gasteiger partial charge in [0.1, 0.15) is 5.76 Å². The van der Waals surface area contributed by atoms with Gasteiger partial charge < -0.3 is 14.1 Å². The van der Waals surface area contributed by atoms with Crippen molar-refractivity contribution < 1.29 is 18.7 Å². The third kappa shape index (κ3) is 1.72. The lowest BCUT2D eigenvalue weighted by Crippen LogP contribution is -2.35. The van der Waals surface area contributed by atoms with Crippen molar-refractivity contribution in [1.82, 2.24) is 4.90 Å². The Kier molecular flexibility index (Phi) is 2.45. The average Bonchev–Trinajstić information content (AvgIpc) is 2.69. The van der Waals surface area contributed by atoms with E-state index in [1.165, 1.54) is 7.11 Å². The van der Waals surface area contributed by atoms with Crippen LogP contribution in [0.2, 0.25) is 0 Å². The summed E-state index contributed by atoms with van der Waals surface area (Å²) in [6, 6.07) is 1.72. The van der Waals surface area contributed by atoms with Crippen molar-refractivity contribution in [2.75, 3.05) is 13.7 Å². The van der Waals surface area contributed by atoms with Crippen molar-refractivity contribution in [2.24, 2.45) is 0 Å². The number of furan rings is 1. The molecule has 15 heavy (non-hydrogen) atoms. The fourth-order valence-electron chi connectivity index (χ4n) is 1.69. The van der Waals surface area contributed by atoms with Crippen molar-refractivity contribution in [3.05, 3.63) is 23.2 Å². The van der Waals surface area contributed by atoms with E-state index in [0.29, 0.717) is 37.3 Å². The van der Waals surface area contributed by atoms with Crippen molar-refractivity contribution in [1.29, 1.82) is 0 Å². The third-order valence-electron chi connectivity index (χ3n) is 2.45. The zero-order chi connectivity index (χ0) is 10.8. The highest BCUT2D eigenvalue weighted by Gasteiger charge is 2.24. The summed E-state index contributed by atoms with van der Waals surface area (Å²) in [5.41, 5.74) is 0.997. The first-order chi connectivity index (χ1) is 7.24. The van der Waals surface area contributed by atoms with Crippen LogP contribution in [0.5, 0.6) is 0 Å². The molecule has 2 heterocycles. The number of methoxy groups -OCH3 is 1. The molecule has 0 N–H and O–H groups in total. The van der Waals surface area contributed by atoms with Crippen molar-refractivity contribution in [3.8, 4) is 0 Å². The summed E-state index contributed by atoms with van der Waals surface area (Å²) in [5, 5.41) is 0. The molecule has 80 valence electrons. The Morgan fingerprint density at radius 2 is 2.47 bits per heavy atom. The lowest BCUT2D eigenvalue weighted by atomic mass is 10.1. The number of nitrogens with zero attached hydrogens (tertiary/aromatic N) is 1. The number of carbonyl (C=O) groups excluding carboxylic acids is 2. The number of aldehydes is 1. The van der Waals surface area contributed by atoms with Crippen LogP contribution in [-0.4, -0.2) is 30.9 Å². The molecule has 1 aliphatic rings. The van der Waals surface area contributed by atoms with E-state index in [1.54, 1.807) is 11.0 Å². The van der Waals surface area contributed by atoms with Gasteiger partial charge in [0.25, 0.3) is 0 Å². The molecule has 0 spiro atoms.